The minimum atomic E-state index is -0.797. The summed E-state index contributed by atoms with van der Waals surface area (Å²) in [6, 6.07) is 8.63. The molecule has 0 aromatic heterocycles. The van der Waals surface area contributed by atoms with Crippen molar-refractivity contribution in [3.8, 4) is 0 Å². The molecule has 1 aliphatic heterocycles. The molecule has 5 nitrogen and oxygen atoms in total. The van der Waals surface area contributed by atoms with Gasteiger partial charge in [-0.1, -0.05) is 42.5 Å². The summed E-state index contributed by atoms with van der Waals surface area (Å²) in [4.78, 5) is 33.5. The van der Waals surface area contributed by atoms with Gasteiger partial charge in [0.2, 0.25) is 0 Å². The number of allylic oxidation sites excluding steroid dienone is 2. The van der Waals surface area contributed by atoms with E-state index in [1.807, 2.05) is 41.0 Å². The van der Waals surface area contributed by atoms with Crippen LogP contribution in [-0.2, 0) is 9.59 Å². The fraction of sp³-hybridized carbons (Fsp3) is 0. The van der Waals surface area contributed by atoms with Gasteiger partial charge in [-0.2, -0.15) is 0 Å². The molecule has 2 N–H and O–H groups in total. The normalized spacial score (nSPS) is 15.6. The zero-order chi connectivity index (χ0) is 13.0. The van der Waals surface area contributed by atoms with Crippen LogP contribution in [0.4, 0.5) is 4.79 Å². The molecular weight excluding hydrogens is 232 g/mol. The van der Waals surface area contributed by atoms with Crippen LogP contribution >= 0.6 is 0 Å². The highest BCUT2D eigenvalue weighted by atomic mass is 16.2. The Hall–Kier alpha value is -2.69. The summed E-state index contributed by atoms with van der Waals surface area (Å²) in [5, 5.41) is 3.99. The molecule has 0 unspecified atom stereocenters. The molecule has 5 heteroatoms. The summed E-state index contributed by atoms with van der Waals surface area (Å²) in [5.41, 5.74) is 0.851. The Morgan fingerprint density at radius 2 is 1.50 bits per heavy atom. The van der Waals surface area contributed by atoms with Crippen LogP contribution in [0.25, 0.3) is 6.08 Å². The lowest BCUT2D eigenvalue weighted by atomic mass is 10.1. The Bertz CT molecular complexity index is 537. The van der Waals surface area contributed by atoms with E-state index in [-0.39, 0.29) is 5.57 Å². The molecule has 2 rings (SSSR count). The Kier molecular flexibility index (Phi) is 3.33. The van der Waals surface area contributed by atoms with E-state index in [2.05, 4.69) is 0 Å². The zero-order valence-corrected chi connectivity index (χ0v) is 9.34. The van der Waals surface area contributed by atoms with Crippen molar-refractivity contribution in [1.82, 2.24) is 10.6 Å². The molecule has 90 valence electrons. The van der Waals surface area contributed by atoms with Crippen molar-refractivity contribution < 1.29 is 14.4 Å². The maximum absolute atomic E-state index is 11.4. The summed E-state index contributed by atoms with van der Waals surface area (Å²) in [5.74, 6) is -1.39. The fourth-order valence-corrected chi connectivity index (χ4v) is 1.45. The second kappa shape index (κ2) is 5.09. The Morgan fingerprint density at radius 3 is 2.11 bits per heavy atom. The molecule has 4 amide bonds. The fourth-order valence-electron chi connectivity index (χ4n) is 1.45. The van der Waals surface area contributed by atoms with Crippen molar-refractivity contribution in [2.45, 2.75) is 0 Å². The topological polar surface area (TPSA) is 75.3 Å². The van der Waals surface area contributed by atoms with Gasteiger partial charge in [-0.25, -0.2) is 4.79 Å². The lowest BCUT2D eigenvalue weighted by Gasteiger charge is -2.12. The molecule has 0 saturated carbocycles. The van der Waals surface area contributed by atoms with Gasteiger partial charge in [-0.05, 0) is 11.6 Å². The first-order chi connectivity index (χ1) is 8.66. The van der Waals surface area contributed by atoms with Gasteiger partial charge in [-0.3, -0.25) is 20.2 Å². The largest absolute Gasteiger partial charge is 0.328 e. The zero-order valence-electron chi connectivity index (χ0n) is 9.34. The van der Waals surface area contributed by atoms with Crippen molar-refractivity contribution in [2.24, 2.45) is 0 Å². The predicted molar refractivity (Wildman–Crippen MR) is 65.2 cm³/mol. The van der Waals surface area contributed by atoms with Gasteiger partial charge in [0.05, 0.1) is 0 Å². The molecule has 0 aliphatic carbocycles. The van der Waals surface area contributed by atoms with Crippen LogP contribution < -0.4 is 10.6 Å². The molecule has 1 heterocycles. The maximum Gasteiger partial charge on any atom is 0.328 e. The average molecular weight is 242 g/mol. The van der Waals surface area contributed by atoms with Gasteiger partial charge < -0.3 is 0 Å². The minimum absolute atomic E-state index is 0.0956. The molecule has 0 radical (unpaired) electrons. The highest BCUT2D eigenvalue weighted by Gasteiger charge is 2.26. The van der Waals surface area contributed by atoms with Gasteiger partial charge >= 0.3 is 6.03 Å². The van der Waals surface area contributed by atoms with Crippen molar-refractivity contribution in [2.75, 3.05) is 0 Å². The number of hydrogen-bond donors (Lipinski definition) is 2. The summed E-state index contributed by atoms with van der Waals surface area (Å²) in [7, 11) is 0. The number of hydrogen-bond acceptors (Lipinski definition) is 3. The molecule has 0 bridgehead atoms. The number of urea groups is 1. The van der Waals surface area contributed by atoms with E-state index in [9.17, 15) is 14.4 Å². The van der Waals surface area contributed by atoms with E-state index >= 15 is 0 Å². The minimum Gasteiger partial charge on any atom is -0.273 e. The highest BCUT2D eigenvalue weighted by molar-refractivity contribution is 6.29. The first kappa shape index (κ1) is 11.8. The molecule has 1 aromatic rings. The molecule has 18 heavy (non-hydrogen) atoms. The Balaban J connectivity index is 2.14. The first-order valence-electron chi connectivity index (χ1n) is 5.27. The number of benzene rings is 1. The third-order valence-electron chi connectivity index (χ3n) is 2.29. The second-order valence-electron chi connectivity index (χ2n) is 3.59. The summed E-state index contributed by atoms with van der Waals surface area (Å²) >= 11 is 0. The van der Waals surface area contributed by atoms with Crippen molar-refractivity contribution in [3.63, 3.8) is 0 Å². The lowest BCUT2D eigenvalue weighted by Crippen LogP contribution is -2.51. The monoisotopic (exact) mass is 242 g/mol. The van der Waals surface area contributed by atoms with Gasteiger partial charge in [0.1, 0.15) is 5.57 Å². The number of rotatable bonds is 2. The number of amides is 4. The van der Waals surface area contributed by atoms with Crippen LogP contribution in [0.2, 0.25) is 0 Å². The number of carbonyl (C=O) groups excluding carboxylic acids is 3. The average Bonchev–Trinajstić information content (AvgIpc) is 2.34. The van der Waals surface area contributed by atoms with Crippen molar-refractivity contribution in [3.05, 3.63) is 53.6 Å². The van der Waals surface area contributed by atoms with Gasteiger partial charge in [-0.15, -0.1) is 0 Å². The maximum atomic E-state index is 11.4. The number of nitrogens with one attached hydrogen (secondary N) is 2. The third-order valence-corrected chi connectivity index (χ3v) is 2.29. The smallest absolute Gasteiger partial charge is 0.273 e. The Labute approximate surface area is 103 Å². The van der Waals surface area contributed by atoms with Crippen LogP contribution in [0.1, 0.15) is 5.56 Å². The third kappa shape index (κ3) is 2.70. The number of barbiturate groups is 1. The molecule has 1 saturated heterocycles. The molecule has 1 fully saturated rings. The standard InChI is InChI=1S/C13H10N2O3/c16-11-10(12(17)15-13(18)14-11)8-4-7-9-5-2-1-3-6-9/h1-8H,(H2,14,15,16,17,18)/b7-4+. The molecule has 0 spiro atoms. The number of imide groups is 2. The molecular formula is C13H10N2O3. The molecule has 1 aromatic carbocycles. The summed E-state index contributed by atoms with van der Waals surface area (Å²) in [6.45, 7) is 0. The molecule has 1 aliphatic rings. The van der Waals surface area contributed by atoms with Gasteiger partial charge in [0.15, 0.2) is 0 Å². The van der Waals surface area contributed by atoms with Gasteiger partial charge in [0, 0.05) is 0 Å². The number of carbonyl (C=O) groups is 3. The summed E-state index contributed by atoms with van der Waals surface area (Å²) < 4.78 is 0. The SMILES string of the molecule is O=C1NC(=O)C(=C/C=C/c2ccccc2)C(=O)N1. The van der Waals surface area contributed by atoms with Crippen LogP contribution in [0.3, 0.4) is 0 Å². The van der Waals surface area contributed by atoms with E-state index in [1.54, 1.807) is 12.2 Å². The van der Waals surface area contributed by atoms with E-state index < -0.39 is 17.8 Å². The van der Waals surface area contributed by atoms with Gasteiger partial charge in [0.25, 0.3) is 11.8 Å². The van der Waals surface area contributed by atoms with Crippen LogP contribution in [-0.4, -0.2) is 17.8 Å². The predicted octanol–water partition coefficient (Wildman–Crippen LogP) is 0.992. The van der Waals surface area contributed by atoms with Crippen LogP contribution in [0.5, 0.6) is 0 Å². The Morgan fingerprint density at radius 1 is 0.889 bits per heavy atom. The summed E-state index contributed by atoms with van der Waals surface area (Å²) in [6.07, 6.45) is 4.70. The quantitative estimate of drug-likeness (QED) is 0.600. The second-order valence-corrected chi connectivity index (χ2v) is 3.59. The van der Waals surface area contributed by atoms with E-state index in [4.69, 9.17) is 0 Å². The van der Waals surface area contributed by atoms with Crippen LogP contribution in [0.15, 0.2) is 48.1 Å². The lowest BCUT2D eigenvalue weighted by molar-refractivity contribution is -0.124. The molecule has 0 atom stereocenters. The van der Waals surface area contributed by atoms with E-state index in [1.165, 1.54) is 6.08 Å². The highest BCUT2D eigenvalue weighted by Crippen LogP contribution is 2.04. The van der Waals surface area contributed by atoms with Crippen molar-refractivity contribution >= 4 is 23.9 Å². The van der Waals surface area contributed by atoms with Crippen molar-refractivity contribution in [1.29, 1.82) is 0 Å². The first-order valence-corrected chi connectivity index (χ1v) is 5.27. The van der Waals surface area contributed by atoms with E-state index in [0.717, 1.165) is 5.56 Å². The van der Waals surface area contributed by atoms with E-state index in [0.29, 0.717) is 0 Å². The van der Waals surface area contributed by atoms with Crippen LogP contribution in [0, 0.1) is 0 Å².